The highest BCUT2D eigenvalue weighted by Gasteiger charge is 2.22. The van der Waals surface area contributed by atoms with E-state index in [0.717, 1.165) is 43.0 Å². The zero-order valence-electron chi connectivity index (χ0n) is 13.3. The number of hydrogen-bond acceptors (Lipinski definition) is 4. The standard InChI is InChI=1S/C17H22N2O4/c1-12(20)19-8-6-14(7-9-19)18-17(21)5-3-13-2-4-15-16(10-13)23-11-22-15/h2,4,10,14H,3,5-9,11H2,1H3,(H,18,21). The second kappa shape index (κ2) is 6.89. The van der Waals surface area contributed by atoms with Crippen molar-refractivity contribution in [1.82, 2.24) is 10.2 Å². The SMILES string of the molecule is CC(=O)N1CCC(NC(=O)CCc2ccc3c(c2)OCO3)CC1. The number of carbonyl (C=O) groups excluding carboxylic acids is 2. The second-order valence-electron chi connectivity index (χ2n) is 6.04. The molecule has 6 nitrogen and oxygen atoms in total. The average Bonchev–Trinajstić information content (AvgIpc) is 3.01. The molecular weight excluding hydrogens is 296 g/mol. The van der Waals surface area contributed by atoms with E-state index in [0.29, 0.717) is 12.8 Å². The van der Waals surface area contributed by atoms with Crippen LogP contribution < -0.4 is 14.8 Å². The van der Waals surface area contributed by atoms with E-state index in [1.807, 2.05) is 23.1 Å². The number of amides is 2. The van der Waals surface area contributed by atoms with Crippen LogP contribution in [0.15, 0.2) is 18.2 Å². The summed E-state index contributed by atoms with van der Waals surface area (Å²) in [5, 5.41) is 3.07. The predicted octanol–water partition coefficient (Wildman–Crippen LogP) is 1.47. The number of fused-ring (bicyclic) bond motifs is 1. The Balaban J connectivity index is 1.42. The van der Waals surface area contributed by atoms with E-state index in [4.69, 9.17) is 9.47 Å². The van der Waals surface area contributed by atoms with Gasteiger partial charge in [0.2, 0.25) is 18.6 Å². The van der Waals surface area contributed by atoms with Gasteiger partial charge >= 0.3 is 0 Å². The Hall–Kier alpha value is -2.24. The lowest BCUT2D eigenvalue weighted by Crippen LogP contribution is -2.46. The minimum atomic E-state index is 0.0592. The minimum Gasteiger partial charge on any atom is -0.454 e. The Morgan fingerprint density at radius 3 is 2.70 bits per heavy atom. The number of nitrogens with one attached hydrogen (secondary N) is 1. The third-order valence-corrected chi connectivity index (χ3v) is 4.38. The van der Waals surface area contributed by atoms with Gasteiger partial charge in [0.05, 0.1) is 0 Å². The first-order valence-electron chi connectivity index (χ1n) is 8.05. The second-order valence-corrected chi connectivity index (χ2v) is 6.04. The van der Waals surface area contributed by atoms with E-state index in [9.17, 15) is 9.59 Å². The summed E-state index contributed by atoms with van der Waals surface area (Å²) >= 11 is 0. The summed E-state index contributed by atoms with van der Waals surface area (Å²) in [5.74, 6) is 1.68. The number of piperidine rings is 1. The number of likely N-dealkylation sites (tertiary alicyclic amines) is 1. The molecule has 0 saturated carbocycles. The van der Waals surface area contributed by atoms with Gasteiger partial charge in [-0.2, -0.15) is 0 Å². The van der Waals surface area contributed by atoms with E-state index >= 15 is 0 Å². The van der Waals surface area contributed by atoms with Crippen LogP contribution in [0.2, 0.25) is 0 Å². The minimum absolute atomic E-state index is 0.0592. The summed E-state index contributed by atoms with van der Waals surface area (Å²) in [7, 11) is 0. The van der Waals surface area contributed by atoms with Crippen LogP contribution in [0.5, 0.6) is 11.5 Å². The summed E-state index contributed by atoms with van der Waals surface area (Å²) in [4.78, 5) is 25.2. The number of benzene rings is 1. The number of ether oxygens (including phenoxy) is 2. The maximum atomic E-state index is 12.1. The topological polar surface area (TPSA) is 67.9 Å². The van der Waals surface area contributed by atoms with Crippen molar-refractivity contribution in [3.05, 3.63) is 23.8 Å². The van der Waals surface area contributed by atoms with Crippen molar-refractivity contribution in [1.29, 1.82) is 0 Å². The molecule has 1 aromatic rings. The summed E-state index contributed by atoms with van der Waals surface area (Å²) in [6.07, 6.45) is 2.78. The van der Waals surface area contributed by atoms with Crippen molar-refractivity contribution in [3.63, 3.8) is 0 Å². The van der Waals surface area contributed by atoms with Gasteiger partial charge in [-0.05, 0) is 37.0 Å². The fraction of sp³-hybridized carbons (Fsp3) is 0.529. The summed E-state index contributed by atoms with van der Waals surface area (Å²) in [6.45, 7) is 3.30. The molecule has 0 spiro atoms. The smallest absolute Gasteiger partial charge is 0.231 e. The van der Waals surface area contributed by atoms with E-state index in [2.05, 4.69) is 5.32 Å². The molecule has 6 heteroatoms. The van der Waals surface area contributed by atoms with Gasteiger partial charge in [-0.3, -0.25) is 9.59 Å². The quantitative estimate of drug-likeness (QED) is 0.913. The molecule has 1 aromatic carbocycles. The molecule has 1 saturated heterocycles. The van der Waals surface area contributed by atoms with Crippen LogP contribution in [-0.2, 0) is 16.0 Å². The van der Waals surface area contributed by atoms with Crippen molar-refractivity contribution in [3.8, 4) is 11.5 Å². The molecule has 0 unspecified atom stereocenters. The first kappa shape index (κ1) is 15.6. The third kappa shape index (κ3) is 3.94. The van der Waals surface area contributed by atoms with Gasteiger partial charge in [-0.1, -0.05) is 6.07 Å². The molecule has 0 aliphatic carbocycles. The number of carbonyl (C=O) groups is 2. The van der Waals surface area contributed by atoms with Gasteiger partial charge in [-0.15, -0.1) is 0 Å². The largest absolute Gasteiger partial charge is 0.454 e. The van der Waals surface area contributed by atoms with Crippen molar-refractivity contribution >= 4 is 11.8 Å². The molecule has 124 valence electrons. The zero-order valence-corrected chi connectivity index (χ0v) is 13.3. The molecule has 0 radical (unpaired) electrons. The van der Waals surface area contributed by atoms with Crippen molar-refractivity contribution < 1.29 is 19.1 Å². The van der Waals surface area contributed by atoms with E-state index < -0.39 is 0 Å². The van der Waals surface area contributed by atoms with E-state index in [1.165, 1.54) is 0 Å². The van der Waals surface area contributed by atoms with Crippen molar-refractivity contribution in [2.45, 2.75) is 38.6 Å². The monoisotopic (exact) mass is 318 g/mol. The summed E-state index contributed by atoms with van der Waals surface area (Å²) in [6, 6.07) is 5.95. The first-order valence-corrected chi connectivity index (χ1v) is 8.05. The highest BCUT2D eigenvalue weighted by molar-refractivity contribution is 5.76. The fourth-order valence-electron chi connectivity index (χ4n) is 2.99. The van der Waals surface area contributed by atoms with E-state index in [1.54, 1.807) is 6.92 Å². The molecule has 1 N–H and O–H groups in total. The molecule has 2 heterocycles. The Morgan fingerprint density at radius 1 is 1.22 bits per heavy atom. The summed E-state index contributed by atoms with van der Waals surface area (Å²) in [5.41, 5.74) is 1.07. The highest BCUT2D eigenvalue weighted by atomic mass is 16.7. The maximum absolute atomic E-state index is 12.1. The molecule has 0 bridgehead atoms. The number of aryl methyl sites for hydroxylation is 1. The molecule has 0 atom stereocenters. The number of rotatable bonds is 4. The first-order chi connectivity index (χ1) is 11.1. The normalized spacial score (nSPS) is 17.2. The van der Waals surface area contributed by atoms with Crippen LogP contribution in [0, 0.1) is 0 Å². The van der Waals surface area contributed by atoms with Crippen LogP contribution in [0.25, 0.3) is 0 Å². The molecular formula is C17H22N2O4. The Morgan fingerprint density at radius 2 is 1.96 bits per heavy atom. The predicted molar refractivity (Wildman–Crippen MR) is 84.3 cm³/mol. The van der Waals surface area contributed by atoms with Crippen LogP contribution in [0.1, 0.15) is 31.7 Å². The van der Waals surface area contributed by atoms with Crippen LogP contribution in [-0.4, -0.2) is 42.6 Å². The van der Waals surface area contributed by atoms with E-state index in [-0.39, 0.29) is 24.6 Å². The van der Waals surface area contributed by atoms with Gasteiger partial charge in [-0.25, -0.2) is 0 Å². The summed E-state index contributed by atoms with van der Waals surface area (Å²) < 4.78 is 10.6. The van der Waals surface area contributed by atoms with Gasteiger partial charge in [0.25, 0.3) is 0 Å². The molecule has 3 rings (SSSR count). The molecule has 2 aliphatic heterocycles. The number of hydrogen-bond donors (Lipinski definition) is 1. The Kier molecular flexibility index (Phi) is 4.69. The molecule has 1 fully saturated rings. The van der Waals surface area contributed by atoms with Gasteiger partial charge in [0, 0.05) is 32.5 Å². The lowest BCUT2D eigenvalue weighted by molar-refractivity contribution is -0.130. The maximum Gasteiger partial charge on any atom is 0.231 e. The molecule has 0 aromatic heterocycles. The van der Waals surface area contributed by atoms with Crippen LogP contribution in [0.4, 0.5) is 0 Å². The highest BCUT2D eigenvalue weighted by Crippen LogP contribution is 2.32. The Labute approximate surface area is 135 Å². The molecule has 2 aliphatic rings. The van der Waals surface area contributed by atoms with Gasteiger partial charge in [0.1, 0.15) is 0 Å². The average molecular weight is 318 g/mol. The van der Waals surface area contributed by atoms with Crippen LogP contribution in [0.3, 0.4) is 0 Å². The third-order valence-electron chi connectivity index (χ3n) is 4.38. The Bertz CT molecular complexity index is 594. The fourth-order valence-corrected chi connectivity index (χ4v) is 2.99. The zero-order chi connectivity index (χ0) is 16.2. The lowest BCUT2D eigenvalue weighted by atomic mass is 10.0. The molecule has 2 amide bonds. The van der Waals surface area contributed by atoms with Gasteiger partial charge in [0.15, 0.2) is 11.5 Å². The number of nitrogens with zero attached hydrogens (tertiary/aromatic N) is 1. The lowest BCUT2D eigenvalue weighted by Gasteiger charge is -2.31. The van der Waals surface area contributed by atoms with Crippen molar-refractivity contribution in [2.24, 2.45) is 0 Å². The van der Waals surface area contributed by atoms with Crippen LogP contribution >= 0.6 is 0 Å². The van der Waals surface area contributed by atoms with Gasteiger partial charge < -0.3 is 19.7 Å². The van der Waals surface area contributed by atoms with Crippen molar-refractivity contribution in [2.75, 3.05) is 19.9 Å². The molecule has 23 heavy (non-hydrogen) atoms.